The molecule has 1 saturated heterocycles. The van der Waals surface area contributed by atoms with E-state index in [0.717, 1.165) is 6.54 Å². The van der Waals surface area contributed by atoms with Crippen molar-refractivity contribution in [2.75, 3.05) is 13.1 Å². The summed E-state index contributed by atoms with van der Waals surface area (Å²) in [7, 11) is 0. The first-order valence-electron chi connectivity index (χ1n) is 5.68. The number of carboxylic acids is 1. The van der Waals surface area contributed by atoms with Crippen molar-refractivity contribution < 1.29 is 9.90 Å². The van der Waals surface area contributed by atoms with Crippen LogP contribution in [0.3, 0.4) is 0 Å². The largest absolute Gasteiger partial charge is 0.481 e. The van der Waals surface area contributed by atoms with Crippen molar-refractivity contribution in [3.63, 3.8) is 0 Å². The van der Waals surface area contributed by atoms with Crippen molar-refractivity contribution in [1.82, 2.24) is 5.32 Å². The Morgan fingerprint density at radius 3 is 2.64 bits per heavy atom. The summed E-state index contributed by atoms with van der Waals surface area (Å²) < 4.78 is 0. The highest BCUT2D eigenvalue weighted by Gasteiger charge is 2.63. The fraction of sp³-hybridized carbons (Fsp3) is 0.909. The zero-order valence-electron chi connectivity index (χ0n) is 8.33. The molecule has 0 amide bonds. The Labute approximate surface area is 83.9 Å². The molecule has 0 aromatic rings. The zero-order chi connectivity index (χ0) is 9.76. The lowest BCUT2D eigenvalue weighted by molar-refractivity contribution is -0.163. The summed E-state index contributed by atoms with van der Waals surface area (Å²) in [5.74, 6) is 0.729. The Morgan fingerprint density at radius 1 is 1.36 bits per heavy atom. The SMILES string of the molecule is O=C(O)C1CNCC12C1CCCC2C1. The Bertz CT molecular complexity index is 262. The highest BCUT2D eigenvalue weighted by atomic mass is 16.4. The van der Waals surface area contributed by atoms with Crippen molar-refractivity contribution in [2.45, 2.75) is 25.7 Å². The van der Waals surface area contributed by atoms with E-state index in [4.69, 9.17) is 0 Å². The molecule has 2 aliphatic carbocycles. The minimum Gasteiger partial charge on any atom is -0.481 e. The molecular formula is C11H17NO2. The maximum Gasteiger partial charge on any atom is 0.308 e. The third kappa shape index (κ3) is 0.842. The summed E-state index contributed by atoms with van der Waals surface area (Å²) >= 11 is 0. The lowest BCUT2D eigenvalue weighted by Crippen LogP contribution is -2.58. The number of nitrogens with one attached hydrogen (secondary N) is 1. The highest BCUT2D eigenvalue weighted by Crippen LogP contribution is 2.64. The molecule has 1 heterocycles. The standard InChI is InChI=1S/C11H17NO2/c13-10(14)9-5-12-6-11(9)7-2-1-3-8(11)4-7/h7-9,12H,1-6H2,(H,13,14). The lowest BCUT2D eigenvalue weighted by Gasteiger charge is -2.60. The molecule has 78 valence electrons. The van der Waals surface area contributed by atoms with E-state index in [1.54, 1.807) is 0 Å². The van der Waals surface area contributed by atoms with Crippen LogP contribution in [0.1, 0.15) is 25.7 Å². The molecule has 2 saturated carbocycles. The molecule has 3 nitrogen and oxygen atoms in total. The van der Waals surface area contributed by atoms with Gasteiger partial charge in [-0.15, -0.1) is 0 Å². The molecule has 3 fully saturated rings. The fourth-order valence-electron chi connectivity index (χ4n) is 4.26. The van der Waals surface area contributed by atoms with Gasteiger partial charge < -0.3 is 10.4 Å². The van der Waals surface area contributed by atoms with Crippen molar-refractivity contribution in [3.8, 4) is 0 Å². The van der Waals surface area contributed by atoms with E-state index in [-0.39, 0.29) is 11.3 Å². The smallest absolute Gasteiger partial charge is 0.308 e. The van der Waals surface area contributed by atoms with Gasteiger partial charge in [-0.2, -0.15) is 0 Å². The highest BCUT2D eigenvalue weighted by molar-refractivity contribution is 5.72. The Kier molecular flexibility index (Phi) is 1.69. The molecule has 0 radical (unpaired) electrons. The molecular weight excluding hydrogens is 178 g/mol. The van der Waals surface area contributed by atoms with E-state index < -0.39 is 5.97 Å². The quantitative estimate of drug-likeness (QED) is 0.658. The third-order valence-electron chi connectivity index (χ3n) is 4.92. The Morgan fingerprint density at radius 2 is 2.07 bits per heavy atom. The molecule has 14 heavy (non-hydrogen) atoms. The zero-order valence-corrected chi connectivity index (χ0v) is 8.33. The van der Waals surface area contributed by atoms with Gasteiger partial charge in [-0.3, -0.25) is 4.79 Å². The average molecular weight is 195 g/mol. The van der Waals surface area contributed by atoms with Crippen LogP contribution in [0.25, 0.3) is 0 Å². The van der Waals surface area contributed by atoms with Gasteiger partial charge in [0.2, 0.25) is 0 Å². The van der Waals surface area contributed by atoms with Crippen molar-refractivity contribution >= 4 is 5.97 Å². The van der Waals surface area contributed by atoms with E-state index in [0.29, 0.717) is 18.4 Å². The number of carboxylic acid groups (broad SMARTS) is 1. The monoisotopic (exact) mass is 195 g/mol. The van der Waals surface area contributed by atoms with E-state index in [9.17, 15) is 9.90 Å². The third-order valence-corrected chi connectivity index (χ3v) is 4.92. The molecule has 2 bridgehead atoms. The minimum atomic E-state index is -0.577. The van der Waals surface area contributed by atoms with Crippen molar-refractivity contribution in [2.24, 2.45) is 23.2 Å². The van der Waals surface area contributed by atoms with Crippen LogP contribution >= 0.6 is 0 Å². The van der Waals surface area contributed by atoms with E-state index >= 15 is 0 Å². The maximum absolute atomic E-state index is 11.2. The molecule has 3 rings (SSSR count). The van der Waals surface area contributed by atoms with Gasteiger partial charge in [0.15, 0.2) is 0 Å². The van der Waals surface area contributed by atoms with Gasteiger partial charge in [-0.25, -0.2) is 0 Å². The predicted octanol–water partition coefficient (Wildman–Crippen LogP) is 1.10. The van der Waals surface area contributed by atoms with Crippen molar-refractivity contribution in [3.05, 3.63) is 0 Å². The van der Waals surface area contributed by atoms with Crippen molar-refractivity contribution in [1.29, 1.82) is 0 Å². The normalized spacial score (nSPS) is 50.4. The summed E-state index contributed by atoms with van der Waals surface area (Å²) in [6, 6.07) is 0. The van der Waals surface area contributed by atoms with Gasteiger partial charge in [-0.1, -0.05) is 6.42 Å². The first-order chi connectivity index (χ1) is 6.75. The Balaban J connectivity index is 1.91. The van der Waals surface area contributed by atoms with Crippen LogP contribution in [0.2, 0.25) is 0 Å². The van der Waals surface area contributed by atoms with Crippen LogP contribution in [0.4, 0.5) is 0 Å². The molecule has 3 unspecified atom stereocenters. The molecule has 0 aromatic carbocycles. The average Bonchev–Trinajstić information content (AvgIpc) is 2.65. The van der Waals surface area contributed by atoms with E-state index in [1.807, 2.05) is 0 Å². The lowest BCUT2D eigenvalue weighted by atomic mass is 9.44. The summed E-state index contributed by atoms with van der Waals surface area (Å²) in [4.78, 5) is 11.2. The van der Waals surface area contributed by atoms with Crippen LogP contribution in [0.15, 0.2) is 0 Å². The topological polar surface area (TPSA) is 49.3 Å². The fourth-order valence-corrected chi connectivity index (χ4v) is 4.26. The summed E-state index contributed by atoms with van der Waals surface area (Å²) in [5.41, 5.74) is 0.157. The van der Waals surface area contributed by atoms with Crippen LogP contribution in [0.5, 0.6) is 0 Å². The van der Waals surface area contributed by atoms with Gasteiger partial charge in [0, 0.05) is 18.5 Å². The molecule has 3 aliphatic rings. The molecule has 3 heteroatoms. The Hall–Kier alpha value is -0.570. The minimum absolute atomic E-state index is 0.105. The van der Waals surface area contributed by atoms with Crippen LogP contribution in [-0.4, -0.2) is 24.2 Å². The van der Waals surface area contributed by atoms with Gasteiger partial charge in [0.05, 0.1) is 5.92 Å². The molecule has 3 atom stereocenters. The molecule has 0 aromatic heterocycles. The number of rotatable bonds is 1. The summed E-state index contributed by atoms with van der Waals surface area (Å²) in [5, 5.41) is 12.5. The van der Waals surface area contributed by atoms with Gasteiger partial charge in [0.25, 0.3) is 0 Å². The molecule has 1 spiro atoms. The molecule has 2 N–H and O–H groups in total. The van der Waals surface area contributed by atoms with Crippen LogP contribution in [0, 0.1) is 23.2 Å². The van der Waals surface area contributed by atoms with E-state index in [1.165, 1.54) is 25.7 Å². The van der Waals surface area contributed by atoms with Gasteiger partial charge in [-0.05, 0) is 31.1 Å². The second-order valence-electron chi connectivity index (χ2n) is 5.19. The van der Waals surface area contributed by atoms with Crippen LogP contribution in [-0.2, 0) is 4.79 Å². The van der Waals surface area contributed by atoms with Crippen LogP contribution < -0.4 is 5.32 Å². The summed E-state index contributed by atoms with van der Waals surface area (Å²) in [6.07, 6.45) is 5.15. The first-order valence-corrected chi connectivity index (χ1v) is 5.68. The number of aliphatic carboxylic acids is 1. The van der Waals surface area contributed by atoms with Gasteiger partial charge >= 0.3 is 5.97 Å². The van der Waals surface area contributed by atoms with E-state index in [2.05, 4.69) is 5.32 Å². The maximum atomic E-state index is 11.2. The predicted molar refractivity (Wildman–Crippen MR) is 51.9 cm³/mol. The number of carbonyl (C=O) groups is 1. The second-order valence-corrected chi connectivity index (χ2v) is 5.19. The molecule has 1 aliphatic heterocycles. The number of hydrogen-bond donors (Lipinski definition) is 2. The second kappa shape index (κ2) is 2.72. The van der Waals surface area contributed by atoms with Gasteiger partial charge in [0.1, 0.15) is 0 Å². The number of hydrogen-bond acceptors (Lipinski definition) is 2. The first kappa shape index (κ1) is 8.72. The summed E-state index contributed by atoms with van der Waals surface area (Å²) in [6.45, 7) is 1.65.